The van der Waals surface area contributed by atoms with Crippen molar-refractivity contribution in [3.63, 3.8) is 0 Å². The lowest BCUT2D eigenvalue weighted by atomic mass is 9.89. The van der Waals surface area contributed by atoms with E-state index in [1.54, 1.807) is 36.4 Å². The number of hydrogen-bond donors (Lipinski definition) is 2. The monoisotopic (exact) mass is 402 g/mol. The molecule has 0 fully saturated rings. The highest BCUT2D eigenvalue weighted by Gasteiger charge is 2.26. The van der Waals surface area contributed by atoms with Gasteiger partial charge in [-0.1, -0.05) is 48.5 Å². The van der Waals surface area contributed by atoms with Gasteiger partial charge in [-0.15, -0.1) is 0 Å². The van der Waals surface area contributed by atoms with Gasteiger partial charge in [-0.2, -0.15) is 0 Å². The second-order valence-electron chi connectivity index (χ2n) is 6.72. The number of hydrogen-bond acceptors (Lipinski definition) is 6. The number of carbonyl (C=O) groups is 2. The van der Waals surface area contributed by atoms with Crippen molar-refractivity contribution in [2.75, 3.05) is 14.2 Å². The van der Waals surface area contributed by atoms with Crippen molar-refractivity contribution < 1.29 is 29.3 Å². The summed E-state index contributed by atoms with van der Waals surface area (Å²) in [5.41, 5.74) is 0.791. The Bertz CT molecular complexity index is 1320. The van der Waals surface area contributed by atoms with E-state index in [2.05, 4.69) is 0 Å². The molecule has 150 valence electrons. The van der Waals surface area contributed by atoms with Gasteiger partial charge in [0, 0.05) is 10.9 Å². The maximum atomic E-state index is 12.4. The minimum absolute atomic E-state index is 0.294. The largest absolute Gasteiger partial charge is 0.506 e. The summed E-state index contributed by atoms with van der Waals surface area (Å²) in [5, 5.41) is 24.2. The van der Waals surface area contributed by atoms with Crippen LogP contribution in [0.15, 0.2) is 60.7 Å². The third-order valence-electron chi connectivity index (χ3n) is 5.10. The van der Waals surface area contributed by atoms with E-state index in [0.717, 1.165) is 10.8 Å². The summed E-state index contributed by atoms with van der Waals surface area (Å²) in [7, 11) is 2.46. The van der Waals surface area contributed by atoms with Gasteiger partial charge in [-0.05, 0) is 33.9 Å². The second-order valence-corrected chi connectivity index (χ2v) is 6.72. The molecule has 4 rings (SSSR count). The highest BCUT2D eigenvalue weighted by molar-refractivity contribution is 6.15. The SMILES string of the molecule is COC(=O)c1cc(-c2c(O)c(C(=O)OC)c(O)c3ccccc23)c2ccccc2c1. The number of aromatic hydroxyl groups is 2. The number of rotatable bonds is 3. The predicted octanol–water partition coefficient (Wildman–Crippen LogP) is 4.64. The van der Waals surface area contributed by atoms with Crippen LogP contribution in [0.2, 0.25) is 0 Å². The first-order valence-corrected chi connectivity index (χ1v) is 9.14. The molecule has 0 bridgehead atoms. The molecule has 4 aromatic carbocycles. The van der Waals surface area contributed by atoms with Gasteiger partial charge in [0.05, 0.1) is 19.8 Å². The molecule has 0 aliphatic carbocycles. The summed E-state index contributed by atoms with van der Waals surface area (Å²) in [6.45, 7) is 0. The van der Waals surface area contributed by atoms with Gasteiger partial charge >= 0.3 is 11.9 Å². The molecule has 0 aliphatic heterocycles. The molecular formula is C24H18O6. The Labute approximate surface area is 171 Å². The lowest BCUT2D eigenvalue weighted by Gasteiger charge is -2.17. The molecule has 6 nitrogen and oxygen atoms in total. The molecule has 0 spiro atoms. The maximum Gasteiger partial charge on any atom is 0.345 e. The van der Waals surface area contributed by atoms with E-state index in [4.69, 9.17) is 9.47 Å². The van der Waals surface area contributed by atoms with Crippen LogP contribution in [0.1, 0.15) is 20.7 Å². The van der Waals surface area contributed by atoms with Crippen LogP contribution in [0.4, 0.5) is 0 Å². The zero-order chi connectivity index (χ0) is 21.4. The fraction of sp³-hybridized carbons (Fsp3) is 0.0833. The molecule has 2 N–H and O–H groups in total. The number of fused-ring (bicyclic) bond motifs is 2. The van der Waals surface area contributed by atoms with Crippen LogP contribution in [0.25, 0.3) is 32.7 Å². The second kappa shape index (κ2) is 7.40. The average molecular weight is 402 g/mol. The molecular weight excluding hydrogens is 384 g/mol. The summed E-state index contributed by atoms with van der Waals surface area (Å²) < 4.78 is 9.65. The summed E-state index contributed by atoms with van der Waals surface area (Å²) in [6, 6.07) is 17.5. The van der Waals surface area contributed by atoms with Gasteiger partial charge in [0.2, 0.25) is 0 Å². The highest BCUT2D eigenvalue weighted by atomic mass is 16.5. The maximum absolute atomic E-state index is 12.4. The number of carbonyl (C=O) groups excluding carboxylic acids is 2. The first-order valence-electron chi connectivity index (χ1n) is 9.14. The number of ether oxygens (including phenoxy) is 2. The molecule has 0 amide bonds. The first-order chi connectivity index (χ1) is 14.5. The van der Waals surface area contributed by atoms with Crippen LogP contribution in [0, 0.1) is 0 Å². The van der Waals surface area contributed by atoms with E-state index in [0.29, 0.717) is 27.5 Å². The number of methoxy groups -OCH3 is 2. The van der Waals surface area contributed by atoms with E-state index in [9.17, 15) is 19.8 Å². The van der Waals surface area contributed by atoms with Crippen molar-refractivity contribution in [1.29, 1.82) is 0 Å². The number of phenolic OH excluding ortho intramolecular Hbond substituents is 2. The minimum atomic E-state index is -0.870. The molecule has 6 heteroatoms. The van der Waals surface area contributed by atoms with Crippen molar-refractivity contribution in [3.8, 4) is 22.6 Å². The van der Waals surface area contributed by atoms with Gasteiger partial charge in [0.15, 0.2) is 0 Å². The van der Waals surface area contributed by atoms with Gasteiger partial charge in [-0.25, -0.2) is 9.59 Å². The van der Waals surface area contributed by atoms with E-state index < -0.39 is 17.7 Å². The Morgan fingerprint density at radius 2 is 1.33 bits per heavy atom. The zero-order valence-corrected chi connectivity index (χ0v) is 16.3. The molecule has 0 unspecified atom stereocenters. The van der Waals surface area contributed by atoms with E-state index >= 15 is 0 Å². The Morgan fingerprint density at radius 3 is 2.00 bits per heavy atom. The summed E-state index contributed by atoms with van der Waals surface area (Å²) in [4.78, 5) is 24.6. The van der Waals surface area contributed by atoms with Gasteiger partial charge in [0.25, 0.3) is 0 Å². The summed E-state index contributed by atoms with van der Waals surface area (Å²) >= 11 is 0. The first kappa shape index (κ1) is 19.3. The Hall–Kier alpha value is -4.06. The third kappa shape index (κ3) is 2.90. The average Bonchev–Trinajstić information content (AvgIpc) is 2.78. The van der Waals surface area contributed by atoms with E-state index in [-0.39, 0.29) is 11.3 Å². The van der Waals surface area contributed by atoms with Crippen LogP contribution in [0.3, 0.4) is 0 Å². The van der Waals surface area contributed by atoms with Crippen LogP contribution in [0.5, 0.6) is 11.5 Å². The molecule has 0 heterocycles. The van der Waals surface area contributed by atoms with Gasteiger partial charge in [0.1, 0.15) is 17.1 Å². The summed E-state index contributed by atoms with van der Waals surface area (Å²) in [6.07, 6.45) is 0. The Morgan fingerprint density at radius 1 is 0.733 bits per heavy atom. The Balaban J connectivity index is 2.21. The van der Waals surface area contributed by atoms with Gasteiger partial charge in [-0.3, -0.25) is 0 Å². The number of benzene rings is 4. The fourth-order valence-corrected chi connectivity index (χ4v) is 3.73. The van der Waals surface area contributed by atoms with E-state index in [1.807, 2.05) is 24.3 Å². The molecule has 0 aliphatic rings. The molecule has 0 aromatic heterocycles. The molecule has 30 heavy (non-hydrogen) atoms. The smallest absolute Gasteiger partial charge is 0.345 e. The Kier molecular flexibility index (Phi) is 4.75. The summed E-state index contributed by atoms with van der Waals surface area (Å²) in [5.74, 6) is -2.19. The lowest BCUT2D eigenvalue weighted by molar-refractivity contribution is 0.0587. The van der Waals surface area contributed by atoms with Gasteiger partial charge < -0.3 is 19.7 Å². The quantitative estimate of drug-likeness (QED) is 0.485. The van der Waals surface area contributed by atoms with Crippen LogP contribution in [-0.4, -0.2) is 36.4 Å². The van der Waals surface area contributed by atoms with Crippen LogP contribution >= 0.6 is 0 Å². The molecule has 0 saturated heterocycles. The lowest BCUT2D eigenvalue weighted by Crippen LogP contribution is -2.05. The zero-order valence-electron chi connectivity index (χ0n) is 16.3. The predicted molar refractivity (Wildman–Crippen MR) is 113 cm³/mol. The molecule has 0 atom stereocenters. The third-order valence-corrected chi connectivity index (χ3v) is 5.10. The van der Waals surface area contributed by atoms with Crippen molar-refractivity contribution >= 4 is 33.5 Å². The van der Waals surface area contributed by atoms with Crippen molar-refractivity contribution in [3.05, 3.63) is 71.8 Å². The molecule has 4 aromatic rings. The number of esters is 2. The van der Waals surface area contributed by atoms with Crippen molar-refractivity contribution in [2.45, 2.75) is 0 Å². The van der Waals surface area contributed by atoms with Crippen molar-refractivity contribution in [1.82, 2.24) is 0 Å². The molecule has 0 saturated carbocycles. The minimum Gasteiger partial charge on any atom is -0.506 e. The van der Waals surface area contributed by atoms with Crippen LogP contribution < -0.4 is 0 Å². The number of phenols is 2. The topological polar surface area (TPSA) is 93.1 Å². The van der Waals surface area contributed by atoms with Crippen LogP contribution in [-0.2, 0) is 9.47 Å². The normalized spacial score (nSPS) is 10.9. The molecule has 0 radical (unpaired) electrons. The highest BCUT2D eigenvalue weighted by Crippen LogP contribution is 2.47. The standard InChI is InChI=1S/C24H18O6/c1-29-23(27)14-11-13-7-3-4-8-15(13)18(12-14)19-16-9-5-6-10-17(16)21(25)20(22(19)26)24(28)30-2/h3-12,25-26H,1-2H3. The van der Waals surface area contributed by atoms with E-state index in [1.165, 1.54) is 14.2 Å². The fourth-order valence-electron chi connectivity index (χ4n) is 3.73. The van der Waals surface area contributed by atoms with Crippen molar-refractivity contribution in [2.24, 2.45) is 0 Å².